The topological polar surface area (TPSA) is 75.4 Å². The Morgan fingerprint density at radius 2 is 2.06 bits per heavy atom. The highest BCUT2D eigenvalue weighted by Crippen LogP contribution is 2.24. The summed E-state index contributed by atoms with van der Waals surface area (Å²) in [4.78, 5) is 11.5. The van der Waals surface area contributed by atoms with E-state index in [1.165, 1.54) is 12.1 Å². The average Bonchev–Trinajstić information content (AvgIpc) is 2.76. The van der Waals surface area contributed by atoms with Crippen molar-refractivity contribution in [2.45, 2.75) is 37.8 Å². The van der Waals surface area contributed by atoms with Gasteiger partial charge in [0.05, 0.1) is 0 Å². The minimum Gasteiger partial charge on any atom is -0.508 e. The summed E-state index contributed by atoms with van der Waals surface area (Å²) >= 11 is 0. The summed E-state index contributed by atoms with van der Waals surface area (Å²) in [7, 11) is 0. The maximum absolute atomic E-state index is 13.2. The number of rotatable bonds is 4. The SMILES string of the molecule is NC(=O)C(NC1CCCC1)c1cc(O)cc(F)c1. The second-order valence-corrected chi connectivity index (χ2v) is 4.73. The van der Waals surface area contributed by atoms with Crippen molar-refractivity contribution >= 4 is 5.91 Å². The van der Waals surface area contributed by atoms with Crippen molar-refractivity contribution in [2.75, 3.05) is 0 Å². The first-order valence-electron chi connectivity index (χ1n) is 6.11. The number of nitrogens with two attached hydrogens (primary N) is 1. The van der Waals surface area contributed by atoms with Gasteiger partial charge in [0.15, 0.2) is 0 Å². The fourth-order valence-corrected chi connectivity index (χ4v) is 2.43. The number of phenols is 1. The number of aromatic hydroxyl groups is 1. The van der Waals surface area contributed by atoms with Crippen LogP contribution in [0.2, 0.25) is 0 Å². The van der Waals surface area contributed by atoms with Gasteiger partial charge in [0, 0.05) is 12.1 Å². The first-order valence-corrected chi connectivity index (χ1v) is 6.11. The van der Waals surface area contributed by atoms with Crippen molar-refractivity contribution in [3.05, 3.63) is 29.6 Å². The highest BCUT2D eigenvalue weighted by molar-refractivity contribution is 5.81. The summed E-state index contributed by atoms with van der Waals surface area (Å²) in [5.41, 5.74) is 5.71. The summed E-state index contributed by atoms with van der Waals surface area (Å²) in [6, 6.07) is 3.05. The second-order valence-electron chi connectivity index (χ2n) is 4.73. The Hall–Kier alpha value is -1.62. The maximum atomic E-state index is 13.2. The molecule has 1 unspecified atom stereocenters. The molecule has 1 aliphatic carbocycles. The molecule has 1 saturated carbocycles. The second kappa shape index (κ2) is 5.35. The molecule has 0 aliphatic heterocycles. The molecule has 1 amide bonds. The van der Waals surface area contributed by atoms with Crippen molar-refractivity contribution in [1.82, 2.24) is 5.32 Å². The summed E-state index contributed by atoms with van der Waals surface area (Å²) in [5, 5.41) is 12.5. The molecular formula is C13H17FN2O2. The number of amides is 1. The molecule has 4 nitrogen and oxygen atoms in total. The molecule has 1 atom stereocenters. The van der Waals surface area contributed by atoms with Crippen LogP contribution in [-0.2, 0) is 4.79 Å². The fourth-order valence-electron chi connectivity index (χ4n) is 2.43. The van der Waals surface area contributed by atoms with Gasteiger partial charge in [-0.05, 0) is 30.5 Å². The summed E-state index contributed by atoms with van der Waals surface area (Å²) in [6.45, 7) is 0. The third-order valence-corrected chi connectivity index (χ3v) is 3.28. The predicted octanol–water partition coefficient (Wildman–Crippen LogP) is 1.59. The number of benzene rings is 1. The summed E-state index contributed by atoms with van der Waals surface area (Å²) in [5.74, 6) is -1.35. The molecule has 1 fully saturated rings. The number of hydrogen-bond acceptors (Lipinski definition) is 3. The molecule has 0 saturated heterocycles. The lowest BCUT2D eigenvalue weighted by molar-refractivity contribution is -0.120. The van der Waals surface area contributed by atoms with Gasteiger partial charge >= 0.3 is 0 Å². The van der Waals surface area contributed by atoms with E-state index < -0.39 is 17.8 Å². The molecule has 0 aromatic heterocycles. The largest absolute Gasteiger partial charge is 0.508 e. The number of carbonyl (C=O) groups is 1. The van der Waals surface area contributed by atoms with Crippen molar-refractivity contribution in [3.8, 4) is 5.75 Å². The van der Waals surface area contributed by atoms with Gasteiger partial charge in [-0.25, -0.2) is 4.39 Å². The van der Waals surface area contributed by atoms with Crippen molar-refractivity contribution in [1.29, 1.82) is 0 Å². The highest BCUT2D eigenvalue weighted by atomic mass is 19.1. The Bertz CT molecular complexity index is 424. The van der Waals surface area contributed by atoms with E-state index in [9.17, 15) is 14.3 Å². The molecule has 0 spiro atoms. The van der Waals surface area contributed by atoms with Gasteiger partial charge in [0.25, 0.3) is 0 Å². The number of halogens is 1. The lowest BCUT2D eigenvalue weighted by Crippen LogP contribution is -2.38. The molecule has 0 bridgehead atoms. The minimum absolute atomic E-state index is 0.204. The first-order chi connectivity index (χ1) is 8.56. The van der Waals surface area contributed by atoms with E-state index in [-0.39, 0.29) is 11.8 Å². The van der Waals surface area contributed by atoms with Gasteiger partial charge in [-0.15, -0.1) is 0 Å². The van der Waals surface area contributed by atoms with Crippen LogP contribution in [0.5, 0.6) is 5.75 Å². The number of primary amides is 1. The van der Waals surface area contributed by atoms with Crippen molar-refractivity contribution < 1.29 is 14.3 Å². The van der Waals surface area contributed by atoms with E-state index in [1.807, 2.05) is 0 Å². The molecule has 18 heavy (non-hydrogen) atoms. The standard InChI is InChI=1S/C13H17FN2O2/c14-9-5-8(6-11(17)7-9)12(13(15)18)16-10-3-1-2-4-10/h5-7,10,12,16-17H,1-4H2,(H2,15,18). The van der Waals surface area contributed by atoms with E-state index in [4.69, 9.17) is 5.73 Å². The van der Waals surface area contributed by atoms with Crippen molar-refractivity contribution in [2.24, 2.45) is 5.73 Å². The quantitative estimate of drug-likeness (QED) is 0.761. The third-order valence-electron chi connectivity index (χ3n) is 3.28. The van der Waals surface area contributed by atoms with E-state index in [0.717, 1.165) is 31.7 Å². The van der Waals surface area contributed by atoms with E-state index in [0.29, 0.717) is 5.56 Å². The van der Waals surface area contributed by atoms with Gasteiger partial charge in [0.1, 0.15) is 17.6 Å². The van der Waals surface area contributed by atoms with Crippen LogP contribution in [0.1, 0.15) is 37.3 Å². The number of hydrogen-bond donors (Lipinski definition) is 3. The molecule has 0 radical (unpaired) electrons. The van der Waals surface area contributed by atoms with Crippen LogP contribution >= 0.6 is 0 Å². The summed E-state index contributed by atoms with van der Waals surface area (Å²) in [6.07, 6.45) is 4.23. The molecule has 0 heterocycles. The Balaban J connectivity index is 2.20. The smallest absolute Gasteiger partial charge is 0.239 e. The van der Waals surface area contributed by atoms with E-state index in [1.54, 1.807) is 0 Å². The number of carbonyl (C=O) groups excluding carboxylic acids is 1. The zero-order valence-corrected chi connectivity index (χ0v) is 10.0. The van der Waals surface area contributed by atoms with E-state index in [2.05, 4.69) is 5.32 Å². The molecule has 4 N–H and O–H groups in total. The minimum atomic E-state index is -0.755. The lowest BCUT2D eigenvalue weighted by Gasteiger charge is -2.20. The van der Waals surface area contributed by atoms with E-state index >= 15 is 0 Å². The maximum Gasteiger partial charge on any atom is 0.239 e. The van der Waals surface area contributed by atoms with Crippen LogP contribution in [0.4, 0.5) is 4.39 Å². The Labute approximate surface area is 105 Å². The number of nitrogens with one attached hydrogen (secondary N) is 1. The van der Waals surface area contributed by atoms with Crippen molar-refractivity contribution in [3.63, 3.8) is 0 Å². The van der Waals surface area contributed by atoms with Gasteiger partial charge in [-0.1, -0.05) is 12.8 Å². The van der Waals surface area contributed by atoms with Crippen LogP contribution in [-0.4, -0.2) is 17.1 Å². The van der Waals surface area contributed by atoms with Crippen LogP contribution in [0, 0.1) is 5.82 Å². The average molecular weight is 252 g/mol. The summed E-state index contributed by atoms with van der Waals surface area (Å²) < 4.78 is 13.2. The fraction of sp³-hybridized carbons (Fsp3) is 0.462. The van der Waals surface area contributed by atoms with Gasteiger partial charge in [-0.2, -0.15) is 0 Å². The van der Waals surface area contributed by atoms with Gasteiger partial charge in [0.2, 0.25) is 5.91 Å². The first kappa shape index (κ1) is 12.8. The highest BCUT2D eigenvalue weighted by Gasteiger charge is 2.24. The van der Waals surface area contributed by atoms with Crippen LogP contribution in [0.15, 0.2) is 18.2 Å². The number of phenolic OH excluding ortho intramolecular Hbond substituents is 1. The molecular weight excluding hydrogens is 235 g/mol. The van der Waals surface area contributed by atoms with Gasteiger partial charge < -0.3 is 10.8 Å². The Morgan fingerprint density at radius 1 is 1.39 bits per heavy atom. The van der Waals surface area contributed by atoms with Crippen LogP contribution < -0.4 is 11.1 Å². The zero-order valence-electron chi connectivity index (χ0n) is 10.0. The molecule has 5 heteroatoms. The van der Waals surface area contributed by atoms with Gasteiger partial charge in [-0.3, -0.25) is 10.1 Å². The molecule has 1 aromatic rings. The molecule has 2 rings (SSSR count). The molecule has 1 aliphatic rings. The molecule has 98 valence electrons. The lowest BCUT2D eigenvalue weighted by atomic mass is 10.0. The normalized spacial score (nSPS) is 17.8. The third kappa shape index (κ3) is 2.98. The van der Waals surface area contributed by atoms with Crippen LogP contribution in [0.3, 0.4) is 0 Å². The monoisotopic (exact) mass is 252 g/mol. The predicted molar refractivity (Wildman–Crippen MR) is 65.4 cm³/mol. The van der Waals surface area contributed by atoms with Crippen LogP contribution in [0.25, 0.3) is 0 Å². The zero-order chi connectivity index (χ0) is 13.1. The Kier molecular flexibility index (Phi) is 3.81. The Morgan fingerprint density at radius 3 is 2.61 bits per heavy atom. The molecule has 1 aromatic carbocycles.